The summed E-state index contributed by atoms with van der Waals surface area (Å²) >= 11 is 0. The van der Waals surface area contributed by atoms with Gasteiger partial charge in [-0.1, -0.05) is 62.8 Å². The molecule has 0 aromatic carbocycles. The van der Waals surface area contributed by atoms with Gasteiger partial charge >= 0.3 is 0 Å². The van der Waals surface area contributed by atoms with Crippen molar-refractivity contribution in [2.24, 2.45) is 5.92 Å². The SMILES string of the molecule is C=C/C(C)=C(\CC)CC1CCCCC1. The van der Waals surface area contributed by atoms with E-state index in [9.17, 15) is 0 Å². The minimum atomic E-state index is 0.966. The molecule has 1 aliphatic rings. The third-order valence-corrected chi connectivity index (χ3v) is 3.55. The third-order valence-electron chi connectivity index (χ3n) is 3.55. The highest BCUT2D eigenvalue weighted by atomic mass is 14.2. The summed E-state index contributed by atoms with van der Waals surface area (Å²) in [6.07, 6.45) is 11.8. The molecular weight excluding hydrogens is 168 g/mol. The van der Waals surface area contributed by atoms with Gasteiger partial charge in [-0.3, -0.25) is 0 Å². The maximum Gasteiger partial charge on any atom is -0.0286 e. The van der Waals surface area contributed by atoms with Gasteiger partial charge in [0.2, 0.25) is 0 Å². The van der Waals surface area contributed by atoms with Crippen molar-refractivity contribution in [3.63, 3.8) is 0 Å². The van der Waals surface area contributed by atoms with Crippen LogP contribution in [0, 0.1) is 5.92 Å². The van der Waals surface area contributed by atoms with Crippen molar-refractivity contribution in [2.45, 2.75) is 58.8 Å². The molecule has 1 saturated carbocycles. The Balaban J connectivity index is 2.50. The molecule has 1 aliphatic carbocycles. The van der Waals surface area contributed by atoms with Crippen molar-refractivity contribution in [1.29, 1.82) is 0 Å². The number of hydrogen-bond acceptors (Lipinski definition) is 0. The van der Waals surface area contributed by atoms with Crippen molar-refractivity contribution in [1.82, 2.24) is 0 Å². The fourth-order valence-electron chi connectivity index (χ4n) is 2.47. The molecule has 0 unspecified atom stereocenters. The van der Waals surface area contributed by atoms with Gasteiger partial charge in [0.15, 0.2) is 0 Å². The lowest BCUT2D eigenvalue weighted by molar-refractivity contribution is 0.353. The first-order valence-electron chi connectivity index (χ1n) is 6.09. The fourth-order valence-corrected chi connectivity index (χ4v) is 2.47. The molecule has 0 heterocycles. The van der Waals surface area contributed by atoms with Crippen molar-refractivity contribution in [2.75, 3.05) is 0 Å². The molecule has 0 spiro atoms. The molecule has 0 amide bonds. The van der Waals surface area contributed by atoms with E-state index in [0.717, 1.165) is 5.92 Å². The van der Waals surface area contributed by atoms with Gasteiger partial charge in [0.25, 0.3) is 0 Å². The Morgan fingerprint density at radius 3 is 2.43 bits per heavy atom. The Hall–Kier alpha value is -0.520. The van der Waals surface area contributed by atoms with Gasteiger partial charge in [-0.05, 0) is 25.7 Å². The van der Waals surface area contributed by atoms with Crippen LogP contribution in [0.15, 0.2) is 23.8 Å². The molecule has 14 heavy (non-hydrogen) atoms. The summed E-state index contributed by atoms with van der Waals surface area (Å²) in [4.78, 5) is 0. The average molecular weight is 192 g/mol. The molecule has 0 nitrogen and oxygen atoms in total. The lowest BCUT2D eigenvalue weighted by atomic mass is 9.83. The predicted octanol–water partition coefficient (Wildman–Crippen LogP) is 4.87. The molecule has 0 aromatic heterocycles. The van der Waals surface area contributed by atoms with Gasteiger partial charge < -0.3 is 0 Å². The first-order chi connectivity index (χ1) is 6.77. The highest BCUT2D eigenvalue weighted by molar-refractivity contribution is 5.22. The van der Waals surface area contributed by atoms with Crippen LogP contribution in [0.25, 0.3) is 0 Å². The molecule has 1 rings (SSSR count). The fraction of sp³-hybridized carbons (Fsp3) is 0.714. The van der Waals surface area contributed by atoms with E-state index in [1.54, 1.807) is 5.57 Å². The molecular formula is C14H24. The monoisotopic (exact) mass is 192 g/mol. The second-order valence-electron chi connectivity index (χ2n) is 4.55. The van der Waals surface area contributed by atoms with Crippen LogP contribution in [0.4, 0.5) is 0 Å². The maximum absolute atomic E-state index is 3.86. The first-order valence-corrected chi connectivity index (χ1v) is 6.09. The van der Waals surface area contributed by atoms with E-state index in [1.165, 1.54) is 50.5 Å². The standard InChI is InChI=1S/C14H24/c1-4-12(3)14(5-2)11-13-9-7-6-8-10-13/h4,13H,1,5-11H2,2-3H3/b14-12+. The Kier molecular flexibility index (Phi) is 5.00. The summed E-state index contributed by atoms with van der Waals surface area (Å²) in [5.41, 5.74) is 3.05. The van der Waals surface area contributed by atoms with Crippen molar-refractivity contribution in [3.8, 4) is 0 Å². The van der Waals surface area contributed by atoms with E-state index in [4.69, 9.17) is 0 Å². The van der Waals surface area contributed by atoms with Crippen LogP contribution in [0.2, 0.25) is 0 Å². The van der Waals surface area contributed by atoms with Gasteiger partial charge in [-0.25, -0.2) is 0 Å². The average Bonchev–Trinajstić information content (AvgIpc) is 2.26. The Morgan fingerprint density at radius 2 is 1.93 bits per heavy atom. The summed E-state index contributed by atoms with van der Waals surface area (Å²) in [7, 11) is 0. The normalized spacial score (nSPS) is 20.4. The molecule has 1 fully saturated rings. The topological polar surface area (TPSA) is 0 Å². The molecule has 0 aromatic rings. The summed E-state index contributed by atoms with van der Waals surface area (Å²) < 4.78 is 0. The van der Waals surface area contributed by atoms with Crippen LogP contribution >= 0.6 is 0 Å². The second kappa shape index (κ2) is 6.06. The van der Waals surface area contributed by atoms with E-state index < -0.39 is 0 Å². The van der Waals surface area contributed by atoms with Gasteiger partial charge in [0, 0.05) is 0 Å². The largest absolute Gasteiger partial charge is 0.0988 e. The van der Waals surface area contributed by atoms with E-state index in [0.29, 0.717) is 0 Å². The summed E-state index contributed by atoms with van der Waals surface area (Å²) in [5.74, 6) is 0.966. The van der Waals surface area contributed by atoms with Crippen LogP contribution < -0.4 is 0 Å². The summed E-state index contributed by atoms with van der Waals surface area (Å²) in [6.45, 7) is 8.34. The van der Waals surface area contributed by atoms with Crippen molar-refractivity contribution >= 4 is 0 Å². The Labute approximate surface area is 89.1 Å². The molecule has 0 saturated heterocycles. The first kappa shape index (κ1) is 11.6. The zero-order chi connectivity index (χ0) is 10.4. The third kappa shape index (κ3) is 3.32. The molecule has 0 bridgehead atoms. The lowest BCUT2D eigenvalue weighted by Gasteiger charge is -2.23. The highest BCUT2D eigenvalue weighted by Crippen LogP contribution is 2.30. The minimum absolute atomic E-state index is 0.966. The van der Waals surface area contributed by atoms with Crippen LogP contribution in [-0.2, 0) is 0 Å². The van der Waals surface area contributed by atoms with E-state index in [-0.39, 0.29) is 0 Å². The molecule has 0 atom stereocenters. The van der Waals surface area contributed by atoms with E-state index >= 15 is 0 Å². The highest BCUT2D eigenvalue weighted by Gasteiger charge is 2.14. The molecule has 0 heteroatoms. The number of rotatable bonds is 4. The molecule has 0 radical (unpaired) electrons. The van der Waals surface area contributed by atoms with Crippen LogP contribution in [-0.4, -0.2) is 0 Å². The molecule has 0 aliphatic heterocycles. The number of hydrogen-bond donors (Lipinski definition) is 0. The van der Waals surface area contributed by atoms with Crippen LogP contribution in [0.5, 0.6) is 0 Å². The van der Waals surface area contributed by atoms with Gasteiger partial charge in [-0.15, -0.1) is 0 Å². The second-order valence-corrected chi connectivity index (χ2v) is 4.55. The molecule has 80 valence electrons. The van der Waals surface area contributed by atoms with Gasteiger partial charge in [0.1, 0.15) is 0 Å². The Morgan fingerprint density at radius 1 is 1.29 bits per heavy atom. The van der Waals surface area contributed by atoms with Crippen LogP contribution in [0.3, 0.4) is 0 Å². The van der Waals surface area contributed by atoms with Crippen LogP contribution in [0.1, 0.15) is 58.8 Å². The maximum atomic E-state index is 3.86. The Bertz CT molecular complexity index is 204. The van der Waals surface area contributed by atoms with E-state index in [1.807, 2.05) is 6.08 Å². The molecule has 0 N–H and O–H groups in total. The summed E-state index contributed by atoms with van der Waals surface area (Å²) in [5, 5.41) is 0. The number of allylic oxidation sites excluding steroid dienone is 3. The van der Waals surface area contributed by atoms with Crippen molar-refractivity contribution in [3.05, 3.63) is 23.8 Å². The minimum Gasteiger partial charge on any atom is -0.0988 e. The zero-order valence-electron chi connectivity index (χ0n) is 9.81. The van der Waals surface area contributed by atoms with E-state index in [2.05, 4.69) is 20.4 Å². The smallest absolute Gasteiger partial charge is 0.0286 e. The van der Waals surface area contributed by atoms with Gasteiger partial charge in [-0.2, -0.15) is 0 Å². The zero-order valence-corrected chi connectivity index (χ0v) is 9.81. The predicted molar refractivity (Wildman–Crippen MR) is 64.4 cm³/mol. The lowest BCUT2D eigenvalue weighted by Crippen LogP contribution is -2.07. The summed E-state index contributed by atoms with van der Waals surface area (Å²) in [6, 6.07) is 0. The quantitative estimate of drug-likeness (QED) is 0.557. The van der Waals surface area contributed by atoms with Crippen molar-refractivity contribution < 1.29 is 0 Å². The van der Waals surface area contributed by atoms with Gasteiger partial charge in [0.05, 0.1) is 0 Å².